The van der Waals surface area contributed by atoms with E-state index in [1.807, 2.05) is 11.8 Å². The summed E-state index contributed by atoms with van der Waals surface area (Å²) in [6.45, 7) is 6.50. The van der Waals surface area contributed by atoms with Gasteiger partial charge >= 0.3 is 6.01 Å². The molecule has 0 amide bonds. The lowest BCUT2D eigenvalue weighted by Crippen LogP contribution is -2.33. The van der Waals surface area contributed by atoms with Crippen molar-refractivity contribution in [3.05, 3.63) is 0 Å². The molecule has 1 saturated heterocycles. The van der Waals surface area contributed by atoms with E-state index in [4.69, 9.17) is 4.74 Å². The lowest BCUT2D eigenvalue weighted by molar-refractivity contribution is 0.264. The highest BCUT2D eigenvalue weighted by Gasteiger charge is 2.27. The van der Waals surface area contributed by atoms with Crippen LogP contribution in [0.3, 0.4) is 0 Å². The molecule has 2 N–H and O–H groups in total. The number of hydrogen-bond acceptors (Lipinski definition) is 7. The zero-order valence-corrected chi connectivity index (χ0v) is 12.9. The molecule has 7 nitrogen and oxygen atoms in total. The largest absolute Gasteiger partial charge is 0.463 e. The van der Waals surface area contributed by atoms with Gasteiger partial charge in [0.05, 0.1) is 19.3 Å². The molecule has 0 saturated carbocycles. The van der Waals surface area contributed by atoms with Gasteiger partial charge < -0.3 is 20.1 Å². The van der Waals surface area contributed by atoms with E-state index in [9.17, 15) is 5.11 Å². The van der Waals surface area contributed by atoms with E-state index in [0.29, 0.717) is 24.5 Å². The predicted octanol–water partition coefficient (Wildman–Crippen LogP) is 1.44. The number of anilines is 2. The van der Waals surface area contributed by atoms with Crippen molar-refractivity contribution >= 4 is 11.9 Å². The van der Waals surface area contributed by atoms with Crippen LogP contribution in [0.5, 0.6) is 6.01 Å². The Morgan fingerprint density at radius 1 is 1.29 bits per heavy atom. The minimum atomic E-state index is 0.0884. The van der Waals surface area contributed by atoms with Crippen LogP contribution >= 0.6 is 0 Å². The zero-order chi connectivity index (χ0) is 15.1. The minimum Gasteiger partial charge on any atom is -0.463 e. The van der Waals surface area contributed by atoms with Crippen LogP contribution in [-0.2, 0) is 0 Å². The van der Waals surface area contributed by atoms with Gasteiger partial charge in [-0.3, -0.25) is 0 Å². The molecular formula is C14H25N5O2. The van der Waals surface area contributed by atoms with Gasteiger partial charge in [0.1, 0.15) is 0 Å². The van der Waals surface area contributed by atoms with Gasteiger partial charge in [0.15, 0.2) is 0 Å². The highest BCUT2D eigenvalue weighted by Crippen LogP contribution is 2.24. The number of aliphatic hydroxyl groups excluding tert-OH is 1. The molecule has 0 aliphatic carbocycles. The molecule has 118 valence electrons. The Balaban J connectivity index is 2.21. The van der Waals surface area contributed by atoms with E-state index < -0.39 is 0 Å². The Morgan fingerprint density at radius 2 is 2.14 bits per heavy atom. The number of nitrogens with zero attached hydrogens (tertiary/aromatic N) is 4. The predicted molar refractivity (Wildman–Crippen MR) is 81.8 cm³/mol. The van der Waals surface area contributed by atoms with Gasteiger partial charge in [-0.15, -0.1) is 0 Å². The van der Waals surface area contributed by atoms with Crippen molar-refractivity contribution in [3.8, 4) is 6.01 Å². The Labute approximate surface area is 125 Å². The van der Waals surface area contributed by atoms with Crippen molar-refractivity contribution in [1.82, 2.24) is 15.0 Å². The Kier molecular flexibility index (Phi) is 5.98. The van der Waals surface area contributed by atoms with E-state index in [-0.39, 0.29) is 12.6 Å². The molecule has 2 rings (SSSR count). The van der Waals surface area contributed by atoms with Crippen LogP contribution in [0.1, 0.15) is 39.5 Å². The monoisotopic (exact) mass is 295 g/mol. The van der Waals surface area contributed by atoms with E-state index in [2.05, 4.69) is 27.2 Å². The summed E-state index contributed by atoms with van der Waals surface area (Å²) in [5.41, 5.74) is 0. The number of rotatable bonds is 8. The number of nitrogens with one attached hydrogen (secondary N) is 1. The van der Waals surface area contributed by atoms with Gasteiger partial charge in [-0.25, -0.2) is 0 Å². The van der Waals surface area contributed by atoms with Crippen LogP contribution in [0, 0.1) is 0 Å². The summed E-state index contributed by atoms with van der Waals surface area (Å²) in [7, 11) is 0. The Hall–Kier alpha value is -1.63. The van der Waals surface area contributed by atoms with Crippen molar-refractivity contribution < 1.29 is 9.84 Å². The van der Waals surface area contributed by atoms with E-state index >= 15 is 0 Å². The Morgan fingerprint density at radius 3 is 2.86 bits per heavy atom. The molecule has 0 bridgehead atoms. The van der Waals surface area contributed by atoms with Crippen LogP contribution in [0.2, 0.25) is 0 Å². The second-order valence-corrected chi connectivity index (χ2v) is 5.19. The lowest BCUT2D eigenvalue weighted by Gasteiger charge is -2.23. The fraction of sp³-hybridized carbons (Fsp3) is 0.786. The number of aromatic nitrogens is 3. The highest BCUT2D eigenvalue weighted by atomic mass is 16.5. The van der Waals surface area contributed by atoms with Crippen molar-refractivity contribution in [1.29, 1.82) is 0 Å². The average molecular weight is 295 g/mol. The maximum Gasteiger partial charge on any atom is 0.323 e. The lowest BCUT2D eigenvalue weighted by atomic mass is 10.2. The van der Waals surface area contributed by atoms with E-state index in [1.165, 1.54) is 0 Å². The molecule has 1 aliphatic heterocycles. The molecular weight excluding hydrogens is 270 g/mol. The quantitative estimate of drug-likeness (QED) is 0.751. The van der Waals surface area contributed by atoms with Gasteiger partial charge in [-0.05, 0) is 25.7 Å². The number of aliphatic hydroxyl groups is 1. The standard InChI is InChI=1S/C14H25N5O2/c1-3-7-15-12-16-13(18-14(17-12)21-9-4-2)19-8-5-6-11(19)10-20/h11,20H,3-10H2,1-2H3,(H,15,16,17,18). The molecule has 1 fully saturated rings. The zero-order valence-electron chi connectivity index (χ0n) is 12.9. The molecule has 0 aromatic carbocycles. The fourth-order valence-corrected chi connectivity index (χ4v) is 2.34. The van der Waals surface area contributed by atoms with Crippen LogP contribution in [-0.4, -0.2) is 52.4 Å². The number of hydrogen-bond donors (Lipinski definition) is 2. The van der Waals surface area contributed by atoms with Crippen molar-refractivity contribution in [3.63, 3.8) is 0 Å². The van der Waals surface area contributed by atoms with Crippen LogP contribution in [0.15, 0.2) is 0 Å². The van der Waals surface area contributed by atoms with Gasteiger partial charge in [0.25, 0.3) is 0 Å². The van der Waals surface area contributed by atoms with E-state index in [0.717, 1.165) is 38.8 Å². The molecule has 0 radical (unpaired) electrons. The molecule has 7 heteroatoms. The van der Waals surface area contributed by atoms with Gasteiger partial charge in [0, 0.05) is 13.1 Å². The third-order valence-corrected chi connectivity index (χ3v) is 3.42. The minimum absolute atomic E-state index is 0.0884. The van der Waals surface area contributed by atoms with Gasteiger partial charge in [-0.2, -0.15) is 15.0 Å². The second kappa shape index (κ2) is 7.97. The Bertz CT molecular complexity index is 417. The molecule has 21 heavy (non-hydrogen) atoms. The third kappa shape index (κ3) is 4.17. The molecule has 1 unspecified atom stereocenters. The topological polar surface area (TPSA) is 83.4 Å². The molecule has 1 aromatic heterocycles. The first kappa shape index (κ1) is 15.8. The first-order valence-electron chi connectivity index (χ1n) is 7.78. The van der Waals surface area contributed by atoms with Crippen molar-refractivity contribution in [2.75, 3.05) is 36.5 Å². The molecule has 1 aliphatic rings. The number of ether oxygens (including phenoxy) is 1. The summed E-state index contributed by atoms with van der Waals surface area (Å²) in [5.74, 6) is 1.13. The molecule has 1 aromatic rings. The normalized spacial score (nSPS) is 18.0. The fourth-order valence-electron chi connectivity index (χ4n) is 2.34. The van der Waals surface area contributed by atoms with Crippen molar-refractivity contribution in [2.24, 2.45) is 0 Å². The summed E-state index contributed by atoms with van der Waals surface area (Å²) >= 11 is 0. The molecule has 2 heterocycles. The van der Waals surface area contributed by atoms with Crippen LogP contribution in [0.4, 0.5) is 11.9 Å². The van der Waals surface area contributed by atoms with Gasteiger partial charge in [0.2, 0.25) is 11.9 Å². The first-order chi connectivity index (χ1) is 10.3. The SMILES string of the molecule is CCCNc1nc(OCCC)nc(N2CCCC2CO)n1. The van der Waals surface area contributed by atoms with Crippen molar-refractivity contribution in [2.45, 2.75) is 45.6 Å². The second-order valence-electron chi connectivity index (χ2n) is 5.19. The summed E-state index contributed by atoms with van der Waals surface area (Å²) in [6.07, 6.45) is 3.90. The first-order valence-corrected chi connectivity index (χ1v) is 7.78. The summed E-state index contributed by atoms with van der Waals surface area (Å²) in [4.78, 5) is 15.2. The molecule has 0 spiro atoms. The van der Waals surface area contributed by atoms with Crippen LogP contribution < -0.4 is 15.0 Å². The summed E-state index contributed by atoms with van der Waals surface area (Å²) in [5, 5.41) is 12.6. The van der Waals surface area contributed by atoms with E-state index in [1.54, 1.807) is 0 Å². The van der Waals surface area contributed by atoms with Gasteiger partial charge in [-0.1, -0.05) is 13.8 Å². The maximum atomic E-state index is 9.46. The summed E-state index contributed by atoms with van der Waals surface area (Å²) in [6, 6.07) is 0.439. The average Bonchev–Trinajstić information content (AvgIpc) is 2.99. The maximum absolute atomic E-state index is 9.46. The highest BCUT2D eigenvalue weighted by molar-refractivity contribution is 5.40. The smallest absolute Gasteiger partial charge is 0.323 e. The third-order valence-electron chi connectivity index (χ3n) is 3.42. The molecule has 1 atom stereocenters. The van der Waals surface area contributed by atoms with Crippen LogP contribution in [0.25, 0.3) is 0 Å². The summed E-state index contributed by atoms with van der Waals surface area (Å²) < 4.78 is 5.55.